The number of anilines is 1. The summed E-state index contributed by atoms with van der Waals surface area (Å²) in [6.07, 6.45) is 0. The highest BCUT2D eigenvalue weighted by molar-refractivity contribution is 7.13. The molecule has 2 heterocycles. The van der Waals surface area contributed by atoms with E-state index in [0.29, 0.717) is 19.7 Å². The maximum atomic E-state index is 13.4. The second-order valence-electron chi connectivity index (χ2n) is 8.04. The van der Waals surface area contributed by atoms with E-state index in [9.17, 15) is 4.79 Å². The number of nitrogens with one attached hydrogen (secondary N) is 1. The van der Waals surface area contributed by atoms with Crippen molar-refractivity contribution in [3.8, 4) is 10.6 Å². The smallest absolute Gasteiger partial charge is 0.322 e. The molecule has 2 aromatic heterocycles. The second-order valence-corrected chi connectivity index (χ2v) is 8.99. The van der Waals surface area contributed by atoms with Gasteiger partial charge in [0.05, 0.1) is 23.7 Å². The minimum atomic E-state index is -0.126. The Morgan fingerprint density at radius 3 is 2.66 bits per heavy atom. The number of hydrogen-bond acceptors (Lipinski definition) is 3. The Balaban J connectivity index is 1.71. The summed E-state index contributed by atoms with van der Waals surface area (Å²) in [5.74, 6) is 0. The molecule has 0 aliphatic rings. The van der Waals surface area contributed by atoms with Crippen LogP contribution in [0.5, 0.6) is 0 Å². The van der Waals surface area contributed by atoms with E-state index in [-0.39, 0.29) is 6.03 Å². The van der Waals surface area contributed by atoms with Gasteiger partial charge in [0.25, 0.3) is 0 Å². The predicted octanol–water partition coefficient (Wildman–Crippen LogP) is 6.20. The fourth-order valence-electron chi connectivity index (χ4n) is 4.15. The van der Waals surface area contributed by atoms with Gasteiger partial charge >= 0.3 is 6.03 Å². The van der Waals surface area contributed by atoms with Crippen molar-refractivity contribution in [1.29, 1.82) is 0 Å². The Kier molecular flexibility index (Phi) is 6.63. The van der Waals surface area contributed by atoms with Gasteiger partial charge in [-0.3, -0.25) is 0 Å². The first-order valence-corrected chi connectivity index (χ1v) is 11.6. The number of ether oxygens (including phenoxy) is 1. The zero-order chi connectivity index (χ0) is 22.7. The molecule has 2 aromatic carbocycles. The van der Waals surface area contributed by atoms with Crippen LogP contribution < -0.4 is 5.32 Å². The minimum absolute atomic E-state index is 0.126. The highest BCUT2D eigenvalue weighted by atomic mass is 32.1. The van der Waals surface area contributed by atoms with Gasteiger partial charge in [-0.05, 0) is 43.0 Å². The second kappa shape index (κ2) is 9.59. The minimum Gasteiger partial charge on any atom is -0.383 e. The topological polar surface area (TPSA) is 46.5 Å². The summed E-state index contributed by atoms with van der Waals surface area (Å²) < 4.78 is 7.55. The van der Waals surface area contributed by atoms with Crippen LogP contribution in [0.1, 0.15) is 16.7 Å². The lowest BCUT2D eigenvalue weighted by atomic mass is 10.1. The van der Waals surface area contributed by atoms with Gasteiger partial charge < -0.3 is 19.5 Å². The van der Waals surface area contributed by atoms with Gasteiger partial charge in [-0.15, -0.1) is 11.3 Å². The standard InChI is InChI=1S/C26H29N3O2S/c1-18-11-12-22(19(2)16-18)27-26(30)29(13-14-31-4)17-21-20-8-5-6-9-23(20)28(3)25(21)24-10-7-15-32-24/h5-12,15-16H,13-14,17H2,1-4H3,(H,27,30). The van der Waals surface area contributed by atoms with Crippen LogP contribution in [0, 0.1) is 13.8 Å². The Labute approximate surface area is 193 Å². The molecule has 0 aliphatic carbocycles. The van der Waals surface area contributed by atoms with Crippen molar-refractivity contribution in [1.82, 2.24) is 9.47 Å². The van der Waals surface area contributed by atoms with E-state index in [1.165, 1.54) is 15.8 Å². The molecule has 4 aromatic rings. The molecule has 0 saturated heterocycles. The fourth-order valence-corrected chi connectivity index (χ4v) is 4.98. The third kappa shape index (κ3) is 4.42. The van der Waals surface area contributed by atoms with Crippen LogP contribution in [0.4, 0.5) is 10.5 Å². The Hall–Kier alpha value is -3.09. The normalized spacial score (nSPS) is 11.1. The lowest BCUT2D eigenvalue weighted by Gasteiger charge is -2.24. The molecule has 32 heavy (non-hydrogen) atoms. The molecule has 0 atom stereocenters. The van der Waals surface area contributed by atoms with Crippen LogP contribution in [0.15, 0.2) is 60.0 Å². The van der Waals surface area contributed by atoms with Crippen LogP contribution in [0.25, 0.3) is 21.5 Å². The van der Waals surface area contributed by atoms with E-state index in [1.807, 2.05) is 24.0 Å². The number of amides is 2. The number of para-hydroxylation sites is 1. The summed E-state index contributed by atoms with van der Waals surface area (Å²) in [5.41, 5.74) is 6.52. The van der Waals surface area contributed by atoms with E-state index < -0.39 is 0 Å². The largest absolute Gasteiger partial charge is 0.383 e. The highest BCUT2D eigenvalue weighted by Gasteiger charge is 2.22. The first-order chi connectivity index (χ1) is 15.5. The molecule has 2 amide bonds. The van der Waals surface area contributed by atoms with Gasteiger partial charge in [0.15, 0.2) is 0 Å². The average Bonchev–Trinajstić information content (AvgIpc) is 3.40. The molecular formula is C26H29N3O2S. The van der Waals surface area contributed by atoms with Crippen LogP contribution in [0.3, 0.4) is 0 Å². The third-order valence-electron chi connectivity index (χ3n) is 5.79. The van der Waals surface area contributed by atoms with Crippen molar-refractivity contribution < 1.29 is 9.53 Å². The summed E-state index contributed by atoms with van der Waals surface area (Å²) in [4.78, 5) is 16.4. The summed E-state index contributed by atoms with van der Waals surface area (Å²) in [6.45, 7) is 5.53. The first kappa shape index (κ1) is 22.1. The Morgan fingerprint density at radius 1 is 1.12 bits per heavy atom. The number of thiophene rings is 1. The van der Waals surface area contributed by atoms with Crippen molar-refractivity contribution >= 4 is 34.0 Å². The van der Waals surface area contributed by atoms with Crippen LogP contribution >= 0.6 is 11.3 Å². The fraction of sp³-hybridized carbons (Fsp3) is 0.269. The molecular weight excluding hydrogens is 418 g/mol. The molecule has 0 radical (unpaired) electrons. The number of nitrogens with zero attached hydrogens (tertiary/aromatic N) is 2. The number of carbonyl (C=O) groups excluding carboxylic acids is 1. The molecule has 0 fully saturated rings. The number of carbonyl (C=O) groups is 1. The van der Waals surface area contributed by atoms with Crippen LogP contribution in [-0.2, 0) is 18.3 Å². The number of hydrogen-bond donors (Lipinski definition) is 1. The zero-order valence-electron chi connectivity index (χ0n) is 19.0. The predicted molar refractivity (Wildman–Crippen MR) is 133 cm³/mol. The van der Waals surface area contributed by atoms with E-state index in [1.54, 1.807) is 18.4 Å². The number of urea groups is 1. The molecule has 0 unspecified atom stereocenters. The van der Waals surface area contributed by atoms with Gasteiger partial charge in [0.1, 0.15) is 0 Å². The molecule has 1 N–H and O–H groups in total. The van der Waals surface area contributed by atoms with Crippen molar-refractivity contribution in [3.63, 3.8) is 0 Å². The molecule has 6 heteroatoms. The molecule has 166 valence electrons. The van der Waals surface area contributed by atoms with Crippen molar-refractivity contribution in [3.05, 3.63) is 76.7 Å². The number of aromatic nitrogens is 1. The Morgan fingerprint density at radius 2 is 1.94 bits per heavy atom. The molecule has 4 rings (SSSR count). The SMILES string of the molecule is COCCN(Cc1c(-c2cccs2)n(C)c2ccccc12)C(=O)Nc1ccc(C)cc1C. The van der Waals surface area contributed by atoms with Crippen molar-refractivity contribution in [2.75, 3.05) is 25.6 Å². The number of aryl methyl sites for hydroxylation is 3. The molecule has 0 spiro atoms. The van der Waals surface area contributed by atoms with Gasteiger partial charge in [-0.25, -0.2) is 4.79 Å². The van der Waals surface area contributed by atoms with Crippen molar-refractivity contribution in [2.24, 2.45) is 7.05 Å². The molecule has 0 aliphatic heterocycles. The number of fused-ring (bicyclic) bond motifs is 1. The monoisotopic (exact) mass is 447 g/mol. The van der Waals surface area contributed by atoms with Gasteiger partial charge in [-0.1, -0.05) is 42.0 Å². The van der Waals surface area contributed by atoms with Gasteiger partial charge in [-0.2, -0.15) is 0 Å². The molecule has 0 saturated carbocycles. The summed E-state index contributed by atoms with van der Waals surface area (Å²) in [6, 6.07) is 18.5. The van der Waals surface area contributed by atoms with Crippen LogP contribution in [-0.4, -0.2) is 35.8 Å². The average molecular weight is 448 g/mol. The highest BCUT2D eigenvalue weighted by Crippen LogP contribution is 2.36. The van der Waals surface area contributed by atoms with E-state index in [2.05, 4.69) is 71.7 Å². The molecule has 0 bridgehead atoms. The van der Waals surface area contributed by atoms with Crippen LogP contribution in [0.2, 0.25) is 0 Å². The number of rotatable bonds is 7. The molecule has 5 nitrogen and oxygen atoms in total. The Bertz CT molecular complexity index is 1230. The zero-order valence-corrected chi connectivity index (χ0v) is 19.8. The van der Waals surface area contributed by atoms with E-state index >= 15 is 0 Å². The van der Waals surface area contributed by atoms with Gasteiger partial charge in [0.2, 0.25) is 0 Å². The third-order valence-corrected chi connectivity index (χ3v) is 6.67. The summed E-state index contributed by atoms with van der Waals surface area (Å²) in [7, 11) is 3.76. The summed E-state index contributed by atoms with van der Waals surface area (Å²) in [5, 5.41) is 6.36. The van der Waals surface area contributed by atoms with Gasteiger partial charge in [0, 0.05) is 42.9 Å². The van der Waals surface area contributed by atoms with Crippen molar-refractivity contribution in [2.45, 2.75) is 20.4 Å². The summed E-state index contributed by atoms with van der Waals surface area (Å²) >= 11 is 1.71. The first-order valence-electron chi connectivity index (χ1n) is 10.7. The van der Waals surface area contributed by atoms with E-state index in [0.717, 1.165) is 28.0 Å². The lowest BCUT2D eigenvalue weighted by Crippen LogP contribution is -2.37. The number of methoxy groups -OCH3 is 1. The maximum Gasteiger partial charge on any atom is 0.322 e. The lowest BCUT2D eigenvalue weighted by molar-refractivity contribution is 0.153. The number of benzene rings is 2. The quantitative estimate of drug-likeness (QED) is 0.366. The maximum absolute atomic E-state index is 13.4. The van der Waals surface area contributed by atoms with E-state index in [4.69, 9.17) is 4.74 Å².